The summed E-state index contributed by atoms with van der Waals surface area (Å²) in [5.74, 6) is 0. The molecule has 0 unspecified atom stereocenters. The molecule has 0 aliphatic rings. The molecule has 23 heavy (non-hydrogen) atoms. The van der Waals surface area contributed by atoms with Crippen molar-refractivity contribution in [1.82, 2.24) is 0 Å². The number of hydrogen-bond donors (Lipinski definition) is 1. The molecular weight excluding hydrogens is 356 g/mol. The molecular formula is C14H18N2O4S3. The lowest BCUT2D eigenvalue weighted by Crippen LogP contribution is -2.26. The summed E-state index contributed by atoms with van der Waals surface area (Å²) in [5.41, 5.74) is 0.484. The summed E-state index contributed by atoms with van der Waals surface area (Å²) < 4.78 is 52.1. The molecule has 1 N–H and O–H groups in total. The highest BCUT2D eigenvalue weighted by Gasteiger charge is 2.21. The van der Waals surface area contributed by atoms with Gasteiger partial charge in [-0.1, -0.05) is 19.1 Å². The lowest BCUT2D eigenvalue weighted by molar-refractivity contribution is 0.598. The maximum Gasteiger partial charge on any atom is 0.271 e. The zero-order chi connectivity index (χ0) is 17.3. The molecule has 0 atom stereocenters. The average Bonchev–Trinajstić information content (AvgIpc) is 2.95. The number of nitrogens with zero attached hydrogens (tertiary/aromatic N) is 1. The number of aryl methyl sites for hydroxylation is 1. The maximum absolute atomic E-state index is 12.5. The molecule has 9 heteroatoms. The maximum atomic E-state index is 12.5. The summed E-state index contributed by atoms with van der Waals surface area (Å²) in [6.45, 7) is 1.95. The van der Waals surface area contributed by atoms with E-state index in [1.54, 1.807) is 30.3 Å². The first-order chi connectivity index (χ1) is 10.6. The van der Waals surface area contributed by atoms with Crippen LogP contribution < -0.4 is 9.03 Å². The summed E-state index contributed by atoms with van der Waals surface area (Å²) in [4.78, 5) is 0.965. The Morgan fingerprint density at radius 3 is 2.30 bits per heavy atom. The van der Waals surface area contributed by atoms with Crippen molar-refractivity contribution in [1.29, 1.82) is 0 Å². The second-order valence-electron chi connectivity index (χ2n) is 4.93. The van der Waals surface area contributed by atoms with Crippen LogP contribution in [0, 0.1) is 0 Å². The third kappa shape index (κ3) is 4.04. The fourth-order valence-electron chi connectivity index (χ4n) is 1.90. The Morgan fingerprint density at radius 2 is 1.74 bits per heavy atom. The molecule has 1 heterocycles. The van der Waals surface area contributed by atoms with E-state index in [1.807, 2.05) is 6.92 Å². The number of anilines is 2. The van der Waals surface area contributed by atoms with E-state index in [9.17, 15) is 16.8 Å². The van der Waals surface area contributed by atoms with Crippen molar-refractivity contribution in [3.05, 3.63) is 41.3 Å². The third-order valence-corrected chi connectivity index (χ3v) is 7.51. The van der Waals surface area contributed by atoms with E-state index < -0.39 is 20.0 Å². The second-order valence-corrected chi connectivity index (χ2v) is 10.0. The van der Waals surface area contributed by atoms with Gasteiger partial charge in [0.05, 0.1) is 17.6 Å². The minimum atomic E-state index is -3.76. The molecule has 0 aliphatic heterocycles. The standard InChI is InChI=1S/C14H18N2O4S3/c1-4-11-9-10-14(21-11)23(19,20)15-12-7-5-6-8-13(12)16(2)22(3,17)18/h5-10,15H,4H2,1-3H3. The molecule has 0 spiro atoms. The van der Waals surface area contributed by atoms with Crippen LogP contribution in [0.25, 0.3) is 0 Å². The van der Waals surface area contributed by atoms with E-state index in [0.29, 0.717) is 0 Å². The average molecular weight is 375 g/mol. The Morgan fingerprint density at radius 1 is 1.09 bits per heavy atom. The molecule has 6 nitrogen and oxygen atoms in total. The molecule has 0 saturated carbocycles. The topological polar surface area (TPSA) is 83.6 Å². The first kappa shape index (κ1) is 17.8. The Labute approximate surface area is 140 Å². The Hall–Kier alpha value is -1.58. The van der Waals surface area contributed by atoms with E-state index in [2.05, 4.69) is 4.72 Å². The van der Waals surface area contributed by atoms with Gasteiger partial charge in [0.1, 0.15) is 4.21 Å². The summed E-state index contributed by atoms with van der Waals surface area (Å²) in [7, 11) is -5.88. The molecule has 0 fully saturated rings. The summed E-state index contributed by atoms with van der Waals surface area (Å²) in [5, 5.41) is 0. The monoisotopic (exact) mass is 374 g/mol. The fourth-order valence-corrected chi connectivity index (χ4v) is 4.79. The third-order valence-electron chi connectivity index (χ3n) is 3.24. The van der Waals surface area contributed by atoms with Crippen molar-refractivity contribution in [3.8, 4) is 0 Å². The Balaban J connectivity index is 2.40. The molecule has 1 aromatic heterocycles. The molecule has 126 valence electrons. The predicted octanol–water partition coefficient (Wildman–Crippen LogP) is 2.51. The number of thiophene rings is 1. The highest BCUT2D eigenvalue weighted by Crippen LogP contribution is 2.30. The van der Waals surface area contributed by atoms with Crippen LogP contribution in [0.1, 0.15) is 11.8 Å². The molecule has 0 saturated heterocycles. The van der Waals surface area contributed by atoms with Crippen molar-refractivity contribution in [2.45, 2.75) is 17.6 Å². The Bertz CT molecular complexity index is 902. The van der Waals surface area contributed by atoms with Crippen LogP contribution in [0.15, 0.2) is 40.6 Å². The molecule has 0 bridgehead atoms. The van der Waals surface area contributed by atoms with E-state index in [-0.39, 0.29) is 15.6 Å². The van der Waals surface area contributed by atoms with Crippen LogP contribution in [0.3, 0.4) is 0 Å². The van der Waals surface area contributed by atoms with Gasteiger partial charge in [0.2, 0.25) is 10.0 Å². The van der Waals surface area contributed by atoms with Crippen LogP contribution in [-0.2, 0) is 26.5 Å². The lowest BCUT2D eigenvalue weighted by atomic mass is 10.3. The van der Waals surface area contributed by atoms with Crippen LogP contribution >= 0.6 is 11.3 Å². The van der Waals surface area contributed by atoms with E-state index in [0.717, 1.165) is 21.9 Å². The van der Waals surface area contributed by atoms with Gasteiger partial charge < -0.3 is 0 Å². The van der Waals surface area contributed by atoms with Gasteiger partial charge in [-0.05, 0) is 30.7 Å². The normalized spacial score (nSPS) is 12.1. The number of hydrogen-bond acceptors (Lipinski definition) is 5. The molecule has 0 radical (unpaired) electrons. The van der Waals surface area contributed by atoms with Gasteiger partial charge in [-0.2, -0.15) is 0 Å². The SMILES string of the molecule is CCc1ccc(S(=O)(=O)Nc2ccccc2N(C)S(C)(=O)=O)s1. The molecule has 2 rings (SSSR count). The van der Waals surface area contributed by atoms with Crippen LogP contribution in [0.2, 0.25) is 0 Å². The summed E-state index contributed by atoms with van der Waals surface area (Å²) >= 11 is 1.20. The van der Waals surface area contributed by atoms with Gasteiger partial charge in [0.15, 0.2) is 0 Å². The van der Waals surface area contributed by atoms with Gasteiger partial charge in [0, 0.05) is 11.9 Å². The fraction of sp³-hybridized carbons (Fsp3) is 0.286. The minimum absolute atomic E-state index is 0.200. The zero-order valence-corrected chi connectivity index (χ0v) is 15.4. The minimum Gasteiger partial charge on any atom is -0.277 e. The number of rotatable bonds is 6. The zero-order valence-electron chi connectivity index (χ0n) is 13.0. The molecule has 0 amide bonds. The van der Waals surface area contributed by atoms with Crippen LogP contribution in [0.5, 0.6) is 0 Å². The van der Waals surface area contributed by atoms with Gasteiger partial charge >= 0.3 is 0 Å². The number of para-hydroxylation sites is 2. The van der Waals surface area contributed by atoms with Crippen molar-refractivity contribution >= 4 is 42.8 Å². The van der Waals surface area contributed by atoms with Crippen molar-refractivity contribution < 1.29 is 16.8 Å². The Kier molecular flexibility index (Phi) is 5.02. The van der Waals surface area contributed by atoms with Gasteiger partial charge in [0.25, 0.3) is 10.0 Å². The predicted molar refractivity (Wildman–Crippen MR) is 94.2 cm³/mol. The van der Waals surface area contributed by atoms with Crippen molar-refractivity contribution in [3.63, 3.8) is 0 Å². The highest BCUT2D eigenvalue weighted by molar-refractivity contribution is 7.94. The van der Waals surface area contributed by atoms with Gasteiger partial charge in [-0.3, -0.25) is 9.03 Å². The molecule has 0 aliphatic carbocycles. The van der Waals surface area contributed by atoms with E-state index in [4.69, 9.17) is 0 Å². The lowest BCUT2D eigenvalue weighted by Gasteiger charge is -2.20. The van der Waals surface area contributed by atoms with Crippen LogP contribution in [0.4, 0.5) is 11.4 Å². The summed E-state index contributed by atoms with van der Waals surface area (Å²) in [6, 6.07) is 9.69. The highest BCUT2D eigenvalue weighted by atomic mass is 32.2. The largest absolute Gasteiger partial charge is 0.277 e. The van der Waals surface area contributed by atoms with Crippen molar-refractivity contribution in [2.24, 2.45) is 0 Å². The molecule has 2 aromatic rings. The molecule has 1 aromatic carbocycles. The van der Waals surface area contributed by atoms with E-state index >= 15 is 0 Å². The first-order valence-electron chi connectivity index (χ1n) is 6.79. The number of nitrogens with one attached hydrogen (secondary N) is 1. The summed E-state index contributed by atoms with van der Waals surface area (Å²) in [6.07, 6.45) is 1.82. The smallest absolute Gasteiger partial charge is 0.271 e. The second kappa shape index (κ2) is 6.50. The quantitative estimate of drug-likeness (QED) is 0.842. The van der Waals surface area contributed by atoms with Gasteiger partial charge in [-0.25, -0.2) is 16.8 Å². The van der Waals surface area contributed by atoms with Crippen molar-refractivity contribution in [2.75, 3.05) is 22.3 Å². The number of sulfonamides is 2. The number of benzene rings is 1. The van der Waals surface area contributed by atoms with E-state index in [1.165, 1.54) is 24.5 Å². The van der Waals surface area contributed by atoms with Gasteiger partial charge in [-0.15, -0.1) is 11.3 Å². The van der Waals surface area contributed by atoms with Crippen LogP contribution in [-0.4, -0.2) is 30.1 Å². The first-order valence-corrected chi connectivity index (χ1v) is 10.9.